The smallest absolute Gasteiger partial charge is 0.238 e. The molecule has 28 heavy (non-hydrogen) atoms. The lowest BCUT2D eigenvalue weighted by atomic mass is 10.1. The minimum atomic E-state index is -0.0983. The lowest BCUT2D eigenvalue weighted by Gasteiger charge is -2.34. The Morgan fingerprint density at radius 1 is 1.18 bits per heavy atom. The topological polar surface area (TPSA) is 81.3 Å². The fourth-order valence-corrected chi connectivity index (χ4v) is 3.63. The minimum Gasteiger partial charge on any atom is -0.340 e. The van der Waals surface area contributed by atoms with E-state index in [1.54, 1.807) is 12.1 Å². The average molecular weight is 404 g/mol. The first kappa shape index (κ1) is 20.4. The first-order valence-electron chi connectivity index (χ1n) is 9.49. The molecule has 2 heterocycles. The number of para-hydroxylation sites is 1. The number of benzene rings is 1. The molecule has 0 saturated carbocycles. The van der Waals surface area contributed by atoms with Crippen LogP contribution in [-0.2, 0) is 16.0 Å². The number of aromatic amines is 1. The van der Waals surface area contributed by atoms with Crippen LogP contribution < -0.4 is 5.32 Å². The molecular weight excluding hydrogens is 378 g/mol. The van der Waals surface area contributed by atoms with Crippen LogP contribution in [0, 0.1) is 13.8 Å². The summed E-state index contributed by atoms with van der Waals surface area (Å²) in [6.07, 6.45) is 1.18. The van der Waals surface area contributed by atoms with Crippen LogP contribution in [0.3, 0.4) is 0 Å². The van der Waals surface area contributed by atoms with Crippen molar-refractivity contribution in [2.24, 2.45) is 0 Å². The molecule has 7 nitrogen and oxygen atoms in total. The van der Waals surface area contributed by atoms with Crippen LogP contribution in [0.2, 0.25) is 5.02 Å². The number of hydrogen-bond acceptors (Lipinski definition) is 4. The van der Waals surface area contributed by atoms with Gasteiger partial charge in [0.25, 0.3) is 0 Å². The number of anilines is 1. The van der Waals surface area contributed by atoms with E-state index in [0.29, 0.717) is 56.3 Å². The highest BCUT2D eigenvalue weighted by Gasteiger charge is 2.23. The van der Waals surface area contributed by atoms with Gasteiger partial charge in [0, 0.05) is 38.3 Å². The lowest BCUT2D eigenvalue weighted by molar-refractivity contribution is -0.133. The zero-order chi connectivity index (χ0) is 20.1. The number of carbonyl (C=O) groups is 2. The standard InChI is InChI=1S/C20H26ClN5O2/c1-14-16(15(2)24-23-14)7-8-20(28)26-11-9-25(10-12-26)13-19(27)22-18-6-4-3-5-17(18)21/h3-6H,7-13H2,1-2H3,(H,22,27)(H,23,24). The summed E-state index contributed by atoms with van der Waals surface area (Å²) >= 11 is 6.07. The number of aryl methyl sites for hydroxylation is 2. The average Bonchev–Trinajstić information content (AvgIpc) is 3.00. The second-order valence-corrected chi connectivity index (χ2v) is 7.50. The molecule has 0 bridgehead atoms. The summed E-state index contributed by atoms with van der Waals surface area (Å²) in [6, 6.07) is 7.18. The summed E-state index contributed by atoms with van der Waals surface area (Å²) in [5, 5.41) is 10.5. The number of halogens is 1. The molecule has 1 aromatic carbocycles. The lowest BCUT2D eigenvalue weighted by Crippen LogP contribution is -2.50. The summed E-state index contributed by atoms with van der Waals surface area (Å²) in [5.41, 5.74) is 3.73. The van der Waals surface area contributed by atoms with Gasteiger partial charge in [-0.15, -0.1) is 0 Å². The summed E-state index contributed by atoms with van der Waals surface area (Å²) in [5.74, 6) is 0.0546. The van der Waals surface area contributed by atoms with Gasteiger partial charge in [0.05, 0.1) is 22.9 Å². The van der Waals surface area contributed by atoms with E-state index in [2.05, 4.69) is 20.4 Å². The van der Waals surface area contributed by atoms with Gasteiger partial charge < -0.3 is 10.2 Å². The number of rotatable bonds is 6. The summed E-state index contributed by atoms with van der Waals surface area (Å²) in [6.45, 7) is 6.88. The van der Waals surface area contributed by atoms with E-state index in [0.717, 1.165) is 17.0 Å². The van der Waals surface area contributed by atoms with Crippen LogP contribution in [-0.4, -0.2) is 64.5 Å². The molecule has 2 aromatic rings. The molecule has 1 aliphatic heterocycles. The Labute approximate surface area is 170 Å². The summed E-state index contributed by atoms with van der Waals surface area (Å²) in [4.78, 5) is 28.7. The molecule has 1 aromatic heterocycles. The molecule has 8 heteroatoms. The van der Waals surface area contributed by atoms with Crippen LogP contribution in [0.4, 0.5) is 5.69 Å². The Morgan fingerprint density at radius 2 is 1.89 bits per heavy atom. The van der Waals surface area contributed by atoms with Crippen molar-refractivity contribution >= 4 is 29.1 Å². The third kappa shape index (κ3) is 5.11. The van der Waals surface area contributed by atoms with Gasteiger partial charge in [-0.25, -0.2) is 0 Å². The van der Waals surface area contributed by atoms with Crippen molar-refractivity contribution in [2.75, 3.05) is 38.0 Å². The summed E-state index contributed by atoms with van der Waals surface area (Å²) < 4.78 is 0. The molecule has 150 valence electrons. The van der Waals surface area contributed by atoms with E-state index in [1.165, 1.54) is 0 Å². The van der Waals surface area contributed by atoms with E-state index in [4.69, 9.17) is 11.6 Å². The Bertz CT molecular complexity index is 823. The molecule has 0 spiro atoms. The van der Waals surface area contributed by atoms with Crippen LogP contribution >= 0.6 is 11.6 Å². The molecular formula is C20H26ClN5O2. The molecule has 0 radical (unpaired) electrons. The van der Waals surface area contributed by atoms with E-state index in [-0.39, 0.29) is 11.8 Å². The van der Waals surface area contributed by atoms with Crippen LogP contribution in [0.5, 0.6) is 0 Å². The first-order valence-corrected chi connectivity index (χ1v) is 9.87. The Morgan fingerprint density at radius 3 is 2.54 bits per heavy atom. The van der Waals surface area contributed by atoms with Crippen molar-refractivity contribution < 1.29 is 9.59 Å². The van der Waals surface area contributed by atoms with Crippen molar-refractivity contribution in [3.8, 4) is 0 Å². The van der Waals surface area contributed by atoms with Crippen molar-refractivity contribution in [3.05, 3.63) is 46.2 Å². The molecule has 1 aliphatic rings. The predicted octanol–water partition coefficient (Wildman–Crippen LogP) is 2.40. The van der Waals surface area contributed by atoms with Gasteiger partial charge in [0.2, 0.25) is 11.8 Å². The van der Waals surface area contributed by atoms with Gasteiger partial charge in [0.15, 0.2) is 0 Å². The summed E-state index contributed by atoms with van der Waals surface area (Å²) in [7, 11) is 0. The number of H-pyrrole nitrogens is 1. The van der Waals surface area contributed by atoms with Gasteiger partial charge in [-0.1, -0.05) is 23.7 Å². The highest BCUT2D eigenvalue weighted by molar-refractivity contribution is 6.33. The number of carbonyl (C=O) groups excluding carboxylic acids is 2. The first-order chi connectivity index (χ1) is 13.4. The maximum absolute atomic E-state index is 12.5. The van der Waals surface area contributed by atoms with E-state index in [9.17, 15) is 9.59 Å². The second-order valence-electron chi connectivity index (χ2n) is 7.10. The monoisotopic (exact) mass is 403 g/mol. The van der Waals surface area contributed by atoms with Gasteiger partial charge >= 0.3 is 0 Å². The van der Waals surface area contributed by atoms with Gasteiger partial charge in [-0.3, -0.25) is 19.6 Å². The Kier molecular flexibility index (Phi) is 6.70. The van der Waals surface area contributed by atoms with E-state index < -0.39 is 0 Å². The molecule has 3 rings (SSSR count). The number of hydrogen-bond donors (Lipinski definition) is 2. The Hall–Kier alpha value is -2.38. The highest BCUT2D eigenvalue weighted by atomic mass is 35.5. The van der Waals surface area contributed by atoms with Crippen molar-refractivity contribution in [3.63, 3.8) is 0 Å². The van der Waals surface area contributed by atoms with Crippen LogP contribution in [0.25, 0.3) is 0 Å². The SMILES string of the molecule is Cc1n[nH]c(C)c1CCC(=O)N1CCN(CC(=O)Nc2ccccc2Cl)CC1. The zero-order valence-electron chi connectivity index (χ0n) is 16.3. The number of aromatic nitrogens is 2. The fourth-order valence-electron chi connectivity index (χ4n) is 3.44. The minimum absolute atomic E-state index is 0.0983. The quantitative estimate of drug-likeness (QED) is 0.776. The third-order valence-corrected chi connectivity index (χ3v) is 5.44. The fraction of sp³-hybridized carbons (Fsp3) is 0.450. The molecule has 1 saturated heterocycles. The molecule has 0 atom stereocenters. The highest BCUT2D eigenvalue weighted by Crippen LogP contribution is 2.20. The number of nitrogens with one attached hydrogen (secondary N) is 2. The van der Waals surface area contributed by atoms with Crippen LogP contribution in [0.1, 0.15) is 23.4 Å². The molecule has 0 aliphatic carbocycles. The number of amides is 2. The second kappa shape index (κ2) is 9.21. The van der Waals surface area contributed by atoms with Gasteiger partial charge in [-0.05, 0) is 38.0 Å². The van der Waals surface area contributed by atoms with Crippen LogP contribution in [0.15, 0.2) is 24.3 Å². The van der Waals surface area contributed by atoms with Crippen molar-refractivity contribution in [1.29, 1.82) is 0 Å². The maximum atomic E-state index is 12.5. The molecule has 2 amide bonds. The van der Waals surface area contributed by atoms with Gasteiger partial charge in [0.1, 0.15) is 0 Å². The van der Waals surface area contributed by atoms with E-state index >= 15 is 0 Å². The molecule has 1 fully saturated rings. The van der Waals surface area contributed by atoms with Crippen molar-refractivity contribution in [1.82, 2.24) is 20.0 Å². The number of nitrogens with zero attached hydrogens (tertiary/aromatic N) is 3. The maximum Gasteiger partial charge on any atom is 0.238 e. The Balaban J connectivity index is 1.42. The van der Waals surface area contributed by atoms with Crippen molar-refractivity contribution in [2.45, 2.75) is 26.7 Å². The largest absolute Gasteiger partial charge is 0.340 e. The number of piperazine rings is 1. The third-order valence-electron chi connectivity index (χ3n) is 5.11. The predicted molar refractivity (Wildman–Crippen MR) is 109 cm³/mol. The van der Waals surface area contributed by atoms with E-state index in [1.807, 2.05) is 30.9 Å². The zero-order valence-corrected chi connectivity index (χ0v) is 17.1. The molecule has 2 N–H and O–H groups in total. The van der Waals surface area contributed by atoms with Gasteiger partial charge in [-0.2, -0.15) is 5.10 Å². The normalized spacial score (nSPS) is 14.9. The molecule has 0 unspecified atom stereocenters.